The summed E-state index contributed by atoms with van der Waals surface area (Å²) in [5.41, 5.74) is 3.40. The van der Waals surface area contributed by atoms with Gasteiger partial charge in [0.25, 0.3) is 0 Å². The molecule has 0 unspecified atom stereocenters. The standard InChI is InChI=1S/C23H18N2O2/c26-22(17-25-16-15-18-9-7-8-14-21(18)25)27-24-23(19-10-3-1-4-11-19)20-12-5-2-6-13-20/h1-16H,17H2. The number of carbonyl (C=O) groups excluding carboxylic acids is 1. The molecule has 0 atom stereocenters. The molecule has 0 aliphatic heterocycles. The van der Waals surface area contributed by atoms with E-state index >= 15 is 0 Å². The monoisotopic (exact) mass is 354 g/mol. The Morgan fingerprint density at radius 1 is 0.778 bits per heavy atom. The third-order valence-corrected chi connectivity index (χ3v) is 4.31. The van der Waals surface area contributed by atoms with E-state index in [-0.39, 0.29) is 6.54 Å². The van der Waals surface area contributed by atoms with Crippen LogP contribution in [0.2, 0.25) is 0 Å². The fourth-order valence-electron chi connectivity index (χ4n) is 3.01. The van der Waals surface area contributed by atoms with Gasteiger partial charge in [-0.2, -0.15) is 0 Å². The quantitative estimate of drug-likeness (QED) is 0.298. The zero-order valence-electron chi connectivity index (χ0n) is 14.7. The Balaban J connectivity index is 1.57. The predicted molar refractivity (Wildman–Crippen MR) is 107 cm³/mol. The van der Waals surface area contributed by atoms with Gasteiger partial charge >= 0.3 is 5.97 Å². The summed E-state index contributed by atoms with van der Waals surface area (Å²) in [6.07, 6.45) is 1.88. The van der Waals surface area contributed by atoms with Crippen molar-refractivity contribution in [1.29, 1.82) is 0 Å². The van der Waals surface area contributed by atoms with Gasteiger partial charge in [-0.3, -0.25) is 0 Å². The lowest BCUT2D eigenvalue weighted by Gasteiger charge is -2.07. The molecule has 4 rings (SSSR count). The lowest BCUT2D eigenvalue weighted by atomic mass is 10.0. The number of carbonyl (C=O) groups is 1. The number of nitrogens with zero attached hydrogens (tertiary/aromatic N) is 2. The first-order valence-corrected chi connectivity index (χ1v) is 8.74. The van der Waals surface area contributed by atoms with Crippen LogP contribution >= 0.6 is 0 Å². The SMILES string of the molecule is O=C(Cn1ccc2ccccc21)ON=C(c1ccccc1)c1ccccc1. The summed E-state index contributed by atoms with van der Waals surface area (Å²) in [4.78, 5) is 17.6. The lowest BCUT2D eigenvalue weighted by Crippen LogP contribution is -2.12. The fourth-order valence-corrected chi connectivity index (χ4v) is 3.01. The second kappa shape index (κ2) is 7.70. The van der Waals surface area contributed by atoms with Gasteiger partial charge in [-0.25, -0.2) is 4.79 Å². The van der Waals surface area contributed by atoms with Gasteiger partial charge in [0.05, 0.1) is 0 Å². The number of rotatable bonds is 5. The van der Waals surface area contributed by atoms with Gasteiger partial charge < -0.3 is 9.40 Å². The van der Waals surface area contributed by atoms with Crippen LogP contribution < -0.4 is 0 Å². The van der Waals surface area contributed by atoms with Crippen LogP contribution in [0.25, 0.3) is 10.9 Å². The minimum atomic E-state index is -0.416. The smallest absolute Gasteiger partial charge is 0.336 e. The highest BCUT2D eigenvalue weighted by Crippen LogP contribution is 2.15. The molecule has 0 amide bonds. The average Bonchev–Trinajstić information content (AvgIpc) is 3.13. The van der Waals surface area contributed by atoms with E-state index in [2.05, 4.69) is 5.16 Å². The van der Waals surface area contributed by atoms with Crippen LogP contribution in [0.5, 0.6) is 0 Å². The van der Waals surface area contributed by atoms with Crippen molar-refractivity contribution >= 4 is 22.6 Å². The molecule has 27 heavy (non-hydrogen) atoms. The largest absolute Gasteiger partial charge is 0.354 e. The van der Waals surface area contributed by atoms with Crippen LogP contribution in [0.15, 0.2) is 102 Å². The van der Waals surface area contributed by atoms with Gasteiger partial charge in [-0.15, -0.1) is 0 Å². The molecule has 1 heterocycles. The number of fused-ring (bicyclic) bond motifs is 1. The van der Waals surface area contributed by atoms with Crippen LogP contribution in [0, 0.1) is 0 Å². The molecule has 0 spiro atoms. The van der Waals surface area contributed by atoms with E-state index in [1.807, 2.05) is 102 Å². The minimum absolute atomic E-state index is 0.105. The van der Waals surface area contributed by atoms with Crippen LogP contribution in [0.4, 0.5) is 0 Å². The summed E-state index contributed by atoms with van der Waals surface area (Å²) in [6, 6.07) is 29.3. The second-order valence-electron chi connectivity index (χ2n) is 6.14. The molecule has 0 radical (unpaired) electrons. The number of benzene rings is 3. The molecule has 0 saturated heterocycles. The van der Waals surface area contributed by atoms with E-state index in [1.54, 1.807) is 0 Å². The zero-order chi connectivity index (χ0) is 18.5. The van der Waals surface area contributed by atoms with Crippen LogP contribution in [0.3, 0.4) is 0 Å². The molecule has 0 bridgehead atoms. The van der Waals surface area contributed by atoms with Crippen molar-refractivity contribution in [3.8, 4) is 0 Å². The molecule has 0 aliphatic rings. The Morgan fingerprint density at radius 2 is 1.37 bits per heavy atom. The maximum Gasteiger partial charge on any atom is 0.354 e. The van der Waals surface area contributed by atoms with Crippen LogP contribution in [-0.4, -0.2) is 16.2 Å². The van der Waals surface area contributed by atoms with Crippen molar-refractivity contribution < 1.29 is 9.63 Å². The van der Waals surface area contributed by atoms with Crippen molar-refractivity contribution in [3.63, 3.8) is 0 Å². The lowest BCUT2D eigenvalue weighted by molar-refractivity contribution is -0.144. The topological polar surface area (TPSA) is 43.6 Å². The van der Waals surface area contributed by atoms with E-state index in [9.17, 15) is 4.79 Å². The average molecular weight is 354 g/mol. The Morgan fingerprint density at radius 3 is 2.04 bits per heavy atom. The van der Waals surface area contributed by atoms with Gasteiger partial charge in [0.1, 0.15) is 12.3 Å². The highest BCUT2D eigenvalue weighted by Gasteiger charge is 2.11. The molecule has 4 heteroatoms. The first-order chi connectivity index (χ1) is 13.3. The van der Waals surface area contributed by atoms with Crippen molar-refractivity contribution in [2.75, 3.05) is 0 Å². The van der Waals surface area contributed by atoms with Gasteiger partial charge in [0.15, 0.2) is 0 Å². The van der Waals surface area contributed by atoms with Crippen LogP contribution in [-0.2, 0) is 16.2 Å². The van der Waals surface area contributed by atoms with Gasteiger partial charge in [-0.05, 0) is 17.5 Å². The molecule has 3 aromatic carbocycles. The van der Waals surface area contributed by atoms with E-state index in [1.165, 1.54) is 0 Å². The first-order valence-electron chi connectivity index (χ1n) is 8.74. The van der Waals surface area contributed by atoms with E-state index in [0.717, 1.165) is 22.0 Å². The Bertz CT molecular complexity index is 1040. The van der Waals surface area contributed by atoms with E-state index in [0.29, 0.717) is 5.71 Å². The minimum Gasteiger partial charge on any atom is -0.336 e. The summed E-state index contributed by atoms with van der Waals surface area (Å²) in [6.45, 7) is 0.105. The van der Waals surface area contributed by atoms with E-state index < -0.39 is 5.97 Å². The van der Waals surface area contributed by atoms with E-state index in [4.69, 9.17) is 4.84 Å². The summed E-state index contributed by atoms with van der Waals surface area (Å²) in [5, 5.41) is 5.26. The van der Waals surface area contributed by atoms with Crippen LogP contribution in [0.1, 0.15) is 11.1 Å². The first kappa shape index (κ1) is 16.8. The molecule has 4 nitrogen and oxygen atoms in total. The molecule has 4 aromatic rings. The van der Waals surface area contributed by atoms with Gasteiger partial charge in [0.2, 0.25) is 0 Å². The second-order valence-corrected chi connectivity index (χ2v) is 6.14. The Labute approximate surface area is 157 Å². The molecule has 0 saturated carbocycles. The highest BCUT2D eigenvalue weighted by atomic mass is 16.7. The van der Waals surface area contributed by atoms with Crippen molar-refractivity contribution in [3.05, 3.63) is 108 Å². The molecule has 0 aliphatic carbocycles. The van der Waals surface area contributed by atoms with Gasteiger partial charge in [-0.1, -0.05) is 84.0 Å². The van der Waals surface area contributed by atoms with Crippen molar-refractivity contribution in [2.24, 2.45) is 5.16 Å². The maximum absolute atomic E-state index is 12.4. The zero-order valence-corrected chi connectivity index (χ0v) is 14.7. The van der Waals surface area contributed by atoms with Crippen molar-refractivity contribution in [2.45, 2.75) is 6.54 Å². The third kappa shape index (κ3) is 3.80. The molecular weight excluding hydrogens is 336 g/mol. The fraction of sp³-hybridized carbons (Fsp3) is 0.0435. The number of hydrogen-bond donors (Lipinski definition) is 0. The predicted octanol–water partition coefficient (Wildman–Crippen LogP) is 4.64. The highest BCUT2D eigenvalue weighted by molar-refractivity contribution is 6.12. The number of aromatic nitrogens is 1. The molecule has 132 valence electrons. The maximum atomic E-state index is 12.4. The third-order valence-electron chi connectivity index (χ3n) is 4.31. The number of hydrogen-bond acceptors (Lipinski definition) is 3. The summed E-state index contributed by atoms with van der Waals surface area (Å²) in [5.74, 6) is -0.416. The molecule has 0 N–H and O–H groups in total. The van der Waals surface area contributed by atoms with Crippen molar-refractivity contribution in [1.82, 2.24) is 4.57 Å². The number of para-hydroxylation sites is 1. The summed E-state index contributed by atoms with van der Waals surface area (Å²) < 4.78 is 1.86. The Hall–Kier alpha value is -3.66. The molecular formula is C23H18N2O2. The Kier molecular flexibility index (Phi) is 4.79. The normalized spacial score (nSPS) is 10.5. The number of oxime groups is 1. The van der Waals surface area contributed by atoms with Gasteiger partial charge in [0, 0.05) is 22.8 Å². The summed E-state index contributed by atoms with van der Waals surface area (Å²) >= 11 is 0. The summed E-state index contributed by atoms with van der Waals surface area (Å²) in [7, 11) is 0. The molecule has 1 aromatic heterocycles. The molecule has 0 fully saturated rings.